The molecule has 0 bridgehead atoms. The van der Waals surface area contributed by atoms with Crippen LogP contribution in [0, 0.1) is 0 Å². The van der Waals surface area contributed by atoms with E-state index >= 15 is 0 Å². The fourth-order valence-corrected chi connectivity index (χ4v) is 2.51. The quantitative estimate of drug-likeness (QED) is 0.755. The molecule has 1 rings (SSSR count). The van der Waals surface area contributed by atoms with Crippen molar-refractivity contribution >= 4 is 23.6 Å². The van der Waals surface area contributed by atoms with Crippen molar-refractivity contribution in [2.75, 3.05) is 19.4 Å². The van der Waals surface area contributed by atoms with Crippen LogP contribution in [0.15, 0.2) is 29.2 Å². The van der Waals surface area contributed by atoms with Crippen LogP contribution in [0.3, 0.4) is 0 Å². The molecular weight excluding hydrogens is 300 g/mol. The maximum atomic E-state index is 11.7. The molecule has 0 fully saturated rings. The molecule has 2 amide bonds. The Labute approximate surface area is 136 Å². The van der Waals surface area contributed by atoms with Crippen LogP contribution < -0.4 is 15.4 Å². The highest BCUT2D eigenvalue weighted by Gasteiger charge is 2.14. The van der Waals surface area contributed by atoms with Crippen LogP contribution in [0.2, 0.25) is 0 Å². The van der Waals surface area contributed by atoms with Crippen molar-refractivity contribution in [3.63, 3.8) is 0 Å². The third kappa shape index (κ3) is 7.93. The van der Waals surface area contributed by atoms with Gasteiger partial charge in [-0.3, -0.25) is 9.59 Å². The van der Waals surface area contributed by atoms with Gasteiger partial charge in [-0.1, -0.05) is 0 Å². The average molecular weight is 324 g/mol. The van der Waals surface area contributed by atoms with E-state index in [2.05, 4.69) is 10.6 Å². The fourth-order valence-electron chi connectivity index (χ4n) is 1.66. The predicted molar refractivity (Wildman–Crippen MR) is 89.2 cm³/mol. The Bertz CT molecular complexity index is 495. The van der Waals surface area contributed by atoms with Crippen LogP contribution in [-0.2, 0) is 9.59 Å². The molecule has 0 aliphatic rings. The van der Waals surface area contributed by atoms with E-state index in [1.807, 2.05) is 45.0 Å². The second kappa shape index (κ2) is 8.68. The summed E-state index contributed by atoms with van der Waals surface area (Å²) in [5.41, 5.74) is -0.286. The Morgan fingerprint density at radius 3 is 2.32 bits per heavy atom. The first-order valence-corrected chi connectivity index (χ1v) is 8.13. The Hall–Kier alpha value is -1.69. The van der Waals surface area contributed by atoms with E-state index in [0.29, 0.717) is 12.2 Å². The molecule has 0 atom stereocenters. The first-order chi connectivity index (χ1) is 10.3. The first kappa shape index (κ1) is 18.4. The molecule has 0 aliphatic carbocycles. The van der Waals surface area contributed by atoms with Gasteiger partial charge in [-0.2, -0.15) is 0 Å². The minimum atomic E-state index is -0.286. The molecule has 6 heteroatoms. The van der Waals surface area contributed by atoms with Gasteiger partial charge in [0.15, 0.2) is 0 Å². The van der Waals surface area contributed by atoms with Gasteiger partial charge < -0.3 is 15.4 Å². The second-order valence-corrected chi connectivity index (χ2v) is 7.02. The largest absolute Gasteiger partial charge is 0.497 e. The van der Waals surface area contributed by atoms with Crippen molar-refractivity contribution in [1.82, 2.24) is 10.6 Å². The summed E-state index contributed by atoms with van der Waals surface area (Å²) < 4.78 is 5.09. The van der Waals surface area contributed by atoms with E-state index in [-0.39, 0.29) is 23.9 Å². The highest BCUT2D eigenvalue weighted by atomic mass is 32.2. The standard InChI is InChI=1S/C16H24N2O3S/c1-16(2,3)18-15(20)11-17-14(19)9-10-22-13-7-5-12(21-4)6-8-13/h5-8H,9-11H2,1-4H3,(H,17,19)(H,18,20). The number of ether oxygens (including phenoxy) is 1. The molecule has 22 heavy (non-hydrogen) atoms. The van der Waals surface area contributed by atoms with Crippen LogP contribution in [0.1, 0.15) is 27.2 Å². The molecule has 1 aromatic rings. The van der Waals surface area contributed by atoms with Gasteiger partial charge in [-0.05, 0) is 45.0 Å². The van der Waals surface area contributed by atoms with E-state index in [9.17, 15) is 9.59 Å². The SMILES string of the molecule is COc1ccc(SCCC(=O)NCC(=O)NC(C)(C)C)cc1. The van der Waals surface area contributed by atoms with Crippen LogP contribution in [0.25, 0.3) is 0 Å². The lowest BCUT2D eigenvalue weighted by molar-refractivity contribution is -0.126. The summed E-state index contributed by atoms with van der Waals surface area (Å²) in [6.45, 7) is 5.72. The number of methoxy groups -OCH3 is 1. The molecule has 0 heterocycles. The molecule has 0 radical (unpaired) electrons. The molecular formula is C16H24N2O3S. The highest BCUT2D eigenvalue weighted by Crippen LogP contribution is 2.21. The van der Waals surface area contributed by atoms with Crippen molar-refractivity contribution in [1.29, 1.82) is 0 Å². The van der Waals surface area contributed by atoms with E-state index < -0.39 is 0 Å². The number of thioether (sulfide) groups is 1. The smallest absolute Gasteiger partial charge is 0.239 e. The number of hydrogen-bond acceptors (Lipinski definition) is 4. The summed E-state index contributed by atoms with van der Waals surface area (Å²) in [7, 11) is 1.63. The summed E-state index contributed by atoms with van der Waals surface area (Å²) in [5.74, 6) is 1.18. The molecule has 1 aromatic carbocycles. The lowest BCUT2D eigenvalue weighted by atomic mass is 10.1. The van der Waals surface area contributed by atoms with E-state index in [1.165, 1.54) is 0 Å². The Morgan fingerprint density at radius 1 is 1.14 bits per heavy atom. The van der Waals surface area contributed by atoms with Crippen molar-refractivity contribution in [3.8, 4) is 5.75 Å². The minimum absolute atomic E-state index is 0.0172. The zero-order valence-corrected chi connectivity index (χ0v) is 14.4. The summed E-state index contributed by atoms with van der Waals surface area (Å²) in [5, 5.41) is 5.42. The van der Waals surface area contributed by atoms with Crippen LogP contribution in [0.4, 0.5) is 0 Å². The number of nitrogens with one attached hydrogen (secondary N) is 2. The molecule has 0 saturated heterocycles. The number of benzene rings is 1. The van der Waals surface area contributed by atoms with Crippen molar-refractivity contribution in [3.05, 3.63) is 24.3 Å². The van der Waals surface area contributed by atoms with Gasteiger partial charge >= 0.3 is 0 Å². The summed E-state index contributed by atoms with van der Waals surface area (Å²) in [4.78, 5) is 24.3. The Morgan fingerprint density at radius 2 is 1.77 bits per heavy atom. The molecule has 0 aromatic heterocycles. The zero-order valence-electron chi connectivity index (χ0n) is 13.6. The Balaban J connectivity index is 2.21. The van der Waals surface area contributed by atoms with Crippen LogP contribution in [0.5, 0.6) is 5.75 Å². The van der Waals surface area contributed by atoms with Gasteiger partial charge in [-0.25, -0.2) is 0 Å². The second-order valence-electron chi connectivity index (χ2n) is 5.85. The number of amides is 2. The van der Waals surface area contributed by atoms with Crippen molar-refractivity contribution < 1.29 is 14.3 Å². The molecule has 122 valence electrons. The number of hydrogen-bond donors (Lipinski definition) is 2. The summed E-state index contributed by atoms with van der Waals surface area (Å²) >= 11 is 1.60. The van der Waals surface area contributed by atoms with Gasteiger partial charge in [0.2, 0.25) is 11.8 Å². The van der Waals surface area contributed by atoms with E-state index in [1.54, 1.807) is 18.9 Å². The van der Waals surface area contributed by atoms with Gasteiger partial charge in [0, 0.05) is 22.6 Å². The third-order valence-corrected chi connectivity index (χ3v) is 3.63. The number of rotatable bonds is 7. The van der Waals surface area contributed by atoms with Crippen LogP contribution >= 0.6 is 11.8 Å². The number of carbonyl (C=O) groups is 2. The molecule has 0 unspecified atom stereocenters. The zero-order chi connectivity index (χ0) is 16.6. The van der Waals surface area contributed by atoms with Gasteiger partial charge in [0.25, 0.3) is 0 Å². The summed E-state index contributed by atoms with van der Waals surface area (Å²) in [6, 6.07) is 7.69. The van der Waals surface area contributed by atoms with Crippen LogP contribution in [-0.4, -0.2) is 36.8 Å². The lowest BCUT2D eigenvalue weighted by Gasteiger charge is -2.20. The monoisotopic (exact) mass is 324 g/mol. The molecule has 0 spiro atoms. The average Bonchev–Trinajstić information content (AvgIpc) is 2.44. The first-order valence-electron chi connectivity index (χ1n) is 7.15. The predicted octanol–water partition coefficient (Wildman–Crippen LogP) is 2.21. The lowest BCUT2D eigenvalue weighted by Crippen LogP contribution is -2.45. The maximum absolute atomic E-state index is 11.7. The highest BCUT2D eigenvalue weighted by molar-refractivity contribution is 7.99. The molecule has 0 aliphatic heterocycles. The topological polar surface area (TPSA) is 67.4 Å². The van der Waals surface area contributed by atoms with E-state index in [0.717, 1.165) is 10.6 Å². The Kier molecular flexibility index (Phi) is 7.24. The normalized spacial score (nSPS) is 10.9. The maximum Gasteiger partial charge on any atom is 0.239 e. The fraction of sp³-hybridized carbons (Fsp3) is 0.500. The number of carbonyl (C=O) groups excluding carboxylic acids is 2. The van der Waals surface area contributed by atoms with Crippen molar-refractivity contribution in [2.24, 2.45) is 0 Å². The minimum Gasteiger partial charge on any atom is -0.497 e. The molecule has 2 N–H and O–H groups in total. The van der Waals surface area contributed by atoms with Crippen molar-refractivity contribution in [2.45, 2.75) is 37.6 Å². The summed E-state index contributed by atoms with van der Waals surface area (Å²) in [6.07, 6.45) is 0.374. The van der Waals surface area contributed by atoms with E-state index in [4.69, 9.17) is 4.74 Å². The van der Waals surface area contributed by atoms with Gasteiger partial charge in [0.1, 0.15) is 5.75 Å². The van der Waals surface area contributed by atoms with Gasteiger partial charge in [-0.15, -0.1) is 11.8 Å². The molecule has 5 nitrogen and oxygen atoms in total. The van der Waals surface area contributed by atoms with Gasteiger partial charge in [0.05, 0.1) is 13.7 Å². The molecule has 0 saturated carbocycles. The third-order valence-electron chi connectivity index (χ3n) is 2.62.